The van der Waals surface area contributed by atoms with Gasteiger partial charge in [0.15, 0.2) is 0 Å². The van der Waals surface area contributed by atoms with E-state index in [9.17, 15) is 18.0 Å². The van der Waals surface area contributed by atoms with Crippen molar-refractivity contribution in [2.45, 2.75) is 25.8 Å². The molecule has 0 saturated carbocycles. The van der Waals surface area contributed by atoms with Crippen LogP contribution in [0.1, 0.15) is 27.9 Å². The molecule has 0 unspecified atom stereocenters. The van der Waals surface area contributed by atoms with Gasteiger partial charge in [-0.15, -0.1) is 0 Å². The molecule has 2 aromatic carbocycles. The highest BCUT2D eigenvalue weighted by atomic mass is 35.5. The summed E-state index contributed by atoms with van der Waals surface area (Å²) in [5.41, 5.74) is 2.34. The van der Waals surface area contributed by atoms with Crippen molar-refractivity contribution in [3.63, 3.8) is 0 Å². The topological polar surface area (TPSA) is 92.3 Å². The fourth-order valence-corrected chi connectivity index (χ4v) is 3.52. The third-order valence-electron chi connectivity index (χ3n) is 4.31. The molecule has 0 aliphatic heterocycles. The summed E-state index contributed by atoms with van der Waals surface area (Å²) in [4.78, 5) is 25.1. The Bertz CT molecular complexity index is 959. The predicted molar refractivity (Wildman–Crippen MR) is 115 cm³/mol. The molecule has 2 aromatic rings. The standard InChI is InChI=1S/C21H25ClN2O4S/c1-15-4-3-5-17(14-15)20(25)24-19(11-13-29(2,27)28)21(26)23-12-10-16-6-8-18(22)9-7-16/h3-9,14,19H,10-13H2,1-2H3,(H,23,26)(H,24,25)/t19-/m0/s1. The summed E-state index contributed by atoms with van der Waals surface area (Å²) in [7, 11) is -3.27. The van der Waals surface area contributed by atoms with Crippen molar-refractivity contribution in [2.24, 2.45) is 0 Å². The van der Waals surface area contributed by atoms with Crippen LogP contribution in [0.3, 0.4) is 0 Å². The number of nitrogens with one attached hydrogen (secondary N) is 2. The number of carbonyl (C=O) groups excluding carboxylic acids is 2. The molecule has 0 bridgehead atoms. The van der Waals surface area contributed by atoms with E-state index in [1.165, 1.54) is 0 Å². The van der Waals surface area contributed by atoms with Crippen molar-refractivity contribution < 1.29 is 18.0 Å². The Morgan fingerprint density at radius 2 is 1.79 bits per heavy atom. The van der Waals surface area contributed by atoms with Gasteiger partial charge in [-0.2, -0.15) is 0 Å². The largest absolute Gasteiger partial charge is 0.354 e. The van der Waals surface area contributed by atoms with Crippen LogP contribution in [0.4, 0.5) is 0 Å². The van der Waals surface area contributed by atoms with Crippen LogP contribution in [0.5, 0.6) is 0 Å². The molecule has 0 radical (unpaired) electrons. The van der Waals surface area contributed by atoms with E-state index in [1.807, 2.05) is 25.1 Å². The molecule has 0 aliphatic carbocycles. The first kappa shape index (κ1) is 22.9. The normalized spacial score (nSPS) is 12.2. The van der Waals surface area contributed by atoms with E-state index in [0.717, 1.165) is 17.4 Å². The fourth-order valence-electron chi connectivity index (χ4n) is 2.73. The Morgan fingerprint density at radius 1 is 1.10 bits per heavy atom. The highest BCUT2D eigenvalue weighted by Gasteiger charge is 2.22. The van der Waals surface area contributed by atoms with E-state index >= 15 is 0 Å². The maximum absolute atomic E-state index is 12.6. The maximum atomic E-state index is 12.6. The Labute approximate surface area is 176 Å². The second-order valence-corrected chi connectivity index (χ2v) is 9.68. The van der Waals surface area contributed by atoms with Crippen LogP contribution in [0, 0.1) is 6.92 Å². The number of hydrogen-bond donors (Lipinski definition) is 2. The summed E-state index contributed by atoms with van der Waals surface area (Å²) in [6, 6.07) is 13.3. The molecule has 0 aromatic heterocycles. The van der Waals surface area contributed by atoms with Crippen molar-refractivity contribution in [1.29, 1.82) is 0 Å². The van der Waals surface area contributed by atoms with Crippen LogP contribution >= 0.6 is 11.6 Å². The quantitative estimate of drug-likeness (QED) is 0.631. The summed E-state index contributed by atoms with van der Waals surface area (Å²) in [5, 5.41) is 6.06. The Hall–Kier alpha value is -2.38. The number of carbonyl (C=O) groups is 2. The summed E-state index contributed by atoms with van der Waals surface area (Å²) >= 11 is 5.86. The van der Waals surface area contributed by atoms with Gasteiger partial charge in [-0.1, -0.05) is 41.4 Å². The molecule has 2 N–H and O–H groups in total. The first-order chi connectivity index (χ1) is 13.6. The molecular weight excluding hydrogens is 412 g/mol. The zero-order valence-electron chi connectivity index (χ0n) is 16.4. The van der Waals surface area contributed by atoms with Crippen molar-refractivity contribution in [3.05, 3.63) is 70.2 Å². The van der Waals surface area contributed by atoms with Gasteiger partial charge in [-0.3, -0.25) is 9.59 Å². The summed E-state index contributed by atoms with van der Waals surface area (Å²) in [6.45, 7) is 2.22. The molecule has 0 heterocycles. The van der Waals surface area contributed by atoms with Gasteiger partial charge < -0.3 is 10.6 Å². The van der Waals surface area contributed by atoms with Crippen molar-refractivity contribution in [3.8, 4) is 0 Å². The van der Waals surface area contributed by atoms with Gasteiger partial charge in [-0.25, -0.2) is 8.42 Å². The van der Waals surface area contributed by atoms with Gasteiger partial charge in [0.1, 0.15) is 15.9 Å². The van der Waals surface area contributed by atoms with Crippen LogP contribution in [0.15, 0.2) is 48.5 Å². The summed E-state index contributed by atoms with van der Waals surface area (Å²) in [6.07, 6.45) is 1.70. The van der Waals surface area contributed by atoms with E-state index in [4.69, 9.17) is 11.6 Å². The number of sulfone groups is 1. The molecule has 6 nitrogen and oxygen atoms in total. The zero-order valence-corrected chi connectivity index (χ0v) is 18.0. The van der Waals surface area contributed by atoms with Crippen LogP contribution < -0.4 is 10.6 Å². The van der Waals surface area contributed by atoms with E-state index in [0.29, 0.717) is 23.6 Å². The highest BCUT2D eigenvalue weighted by molar-refractivity contribution is 7.90. The van der Waals surface area contributed by atoms with Crippen molar-refractivity contribution in [1.82, 2.24) is 10.6 Å². The highest BCUT2D eigenvalue weighted by Crippen LogP contribution is 2.10. The zero-order chi connectivity index (χ0) is 21.4. The van der Waals surface area contributed by atoms with E-state index in [-0.39, 0.29) is 12.2 Å². The molecule has 8 heteroatoms. The van der Waals surface area contributed by atoms with E-state index in [1.54, 1.807) is 30.3 Å². The molecule has 0 saturated heterocycles. The lowest BCUT2D eigenvalue weighted by Crippen LogP contribution is -2.48. The van der Waals surface area contributed by atoms with Crippen LogP contribution in [-0.2, 0) is 21.1 Å². The first-order valence-corrected chi connectivity index (χ1v) is 11.7. The van der Waals surface area contributed by atoms with Crippen LogP contribution in [0.25, 0.3) is 0 Å². The third kappa shape index (κ3) is 8.25. The molecule has 0 fully saturated rings. The second kappa shape index (κ2) is 10.4. The van der Waals surface area contributed by atoms with Gasteiger partial charge in [0.05, 0.1) is 5.75 Å². The summed E-state index contributed by atoms with van der Waals surface area (Å²) < 4.78 is 23.1. The first-order valence-electron chi connectivity index (χ1n) is 9.21. The van der Waals surface area contributed by atoms with Crippen LogP contribution in [0.2, 0.25) is 5.02 Å². The lowest BCUT2D eigenvalue weighted by atomic mass is 10.1. The monoisotopic (exact) mass is 436 g/mol. The lowest BCUT2D eigenvalue weighted by Gasteiger charge is -2.18. The number of benzene rings is 2. The Balaban J connectivity index is 2.00. The number of hydrogen-bond acceptors (Lipinski definition) is 4. The number of aryl methyl sites for hydroxylation is 1. The lowest BCUT2D eigenvalue weighted by molar-refractivity contribution is -0.122. The number of rotatable bonds is 9. The van der Waals surface area contributed by atoms with Gasteiger partial charge in [0.2, 0.25) is 5.91 Å². The molecule has 29 heavy (non-hydrogen) atoms. The molecule has 0 aliphatic rings. The molecule has 0 spiro atoms. The van der Waals surface area contributed by atoms with E-state index < -0.39 is 27.7 Å². The van der Waals surface area contributed by atoms with Gasteiger partial charge >= 0.3 is 0 Å². The number of halogens is 1. The molecule has 2 rings (SSSR count). The molecular formula is C21H25ClN2O4S. The van der Waals surface area contributed by atoms with Crippen LogP contribution in [-0.4, -0.2) is 44.8 Å². The second-order valence-electron chi connectivity index (χ2n) is 6.98. The molecule has 1 atom stereocenters. The minimum absolute atomic E-state index is 0.00314. The predicted octanol–water partition coefficient (Wildman–Crippen LogP) is 2.54. The minimum Gasteiger partial charge on any atom is -0.354 e. The van der Waals surface area contributed by atoms with Crippen molar-refractivity contribution in [2.75, 3.05) is 18.6 Å². The van der Waals surface area contributed by atoms with E-state index in [2.05, 4.69) is 10.6 Å². The Kier molecular flexibility index (Phi) is 8.22. The average molecular weight is 437 g/mol. The maximum Gasteiger partial charge on any atom is 0.251 e. The molecule has 2 amide bonds. The SMILES string of the molecule is Cc1cccc(C(=O)N[C@@H](CCS(C)(=O)=O)C(=O)NCCc2ccc(Cl)cc2)c1. The smallest absolute Gasteiger partial charge is 0.251 e. The Morgan fingerprint density at radius 3 is 2.41 bits per heavy atom. The summed E-state index contributed by atoms with van der Waals surface area (Å²) in [5.74, 6) is -1.03. The van der Waals surface area contributed by atoms with Gasteiger partial charge in [0, 0.05) is 23.4 Å². The average Bonchev–Trinajstić information content (AvgIpc) is 2.65. The van der Waals surface area contributed by atoms with Gasteiger partial charge in [0.25, 0.3) is 5.91 Å². The van der Waals surface area contributed by atoms with Gasteiger partial charge in [-0.05, 0) is 49.6 Å². The third-order valence-corrected chi connectivity index (χ3v) is 5.53. The number of amides is 2. The fraction of sp³-hybridized carbons (Fsp3) is 0.333. The minimum atomic E-state index is -3.27. The molecule has 156 valence electrons. The van der Waals surface area contributed by atoms with Crippen molar-refractivity contribution >= 4 is 33.3 Å².